The normalized spacial score (nSPS) is 11.5. The van der Waals surface area contributed by atoms with Gasteiger partial charge in [0.05, 0.1) is 6.61 Å². The Morgan fingerprint density at radius 2 is 2.04 bits per heavy atom. The summed E-state index contributed by atoms with van der Waals surface area (Å²) >= 11 is 1.74. The SMILES string of the molecule is CC(C)(C)C#C/C=C/CNCCCOCCc1cccc(-c2ccsc2)c1. The van der Waals surface area contributed by atoms with Crippen molar-refractivity contribution in [1.82, 2.24) is 5.32 Å². The summed E-state index contributed by atoms with van der Waals surface area (Å²) in [5.74, 6) is 6.27. The van der Waals surface area contributed by atoms with Gasteiger partial charge in [0.1, 0.15) is 0 Å². The molecule has 0 fully saturated rings. The first-order valence-corrected chi connectivity index (χ1v) is 10.6. The quantitative estimate of drug-likeness (QED) is 0.430. The highest BCUT2D eigenvalue weighted by molar-refractivity contribution is 7.08. The smallest absolute Gasteiger partial charge is 0.0506 e. The maximum absolute atomic E-state index is 5.77. The Labute approximate surface area is 168 Å². The van der Waals surface area contributed by atoms with Crippen LogP contribution in [0.4, 0.5) is 0 Å². The van der Waals surface area contributed by atoms with Crippen LogP contribution in [0.1, 0.15) is 32.8 Å². The molecule has 27 heavy (non-hydrogen) atoms. The van der Waals surface area contributed by atoms with E-state index in [0.29, 0.717) is 0 Å². The van der Waals surface area contributed by atoms with Crippen molar-refractivity contribution in [3.63, 3.8) is 0 Å². The molecule has 0 atom stereocenters. The molecule has 1 aromatic carbocycles. The van der Waals surface area contributed by atoms with E-state index in [0.717, 1.165) is 39.1 Å². The van der Waals surface area contributed by atoms with Crippen molar-refractivity contribution in [1.29, 1.82) is 0 Å². The lowest BCUT2D eigenvalue weighted by Crippen LogP contribution is -2.17. The Bertz CT molecular complexity index is 745. The fourth-order valence-electron chi connectivity index (χ4n) is 2.49. The van der Waals surface area contributed by atoms with E-state index in [1.165, 1.54) is 16.7 Å². The van der Waals surface area contributed by atoms with Crippen LogP contribution in [0.15, 0.2) is 53.2 Å². The van der Waals surface area contributed by atoms with Crippen LogP contribution in [0.5, 0.6) is 0 Å². The summed E-state index contributed by atoms with van der Waals surface area (Å²) in [4.78, 5) is 0. The summed E-state index contributed by atoms with van der Waals surface area (Å²) in [5, 5.41) is 7.69. The average Bonchev–Trinajstić information content (AvgIpc) is 3.17. The number of thiophene rings is 1. The maximum Gasteiger partial charge on any atom is 0.0506 e. The molecule has 144 valence electrons. The van der Waals surface area contributed by atoms with Crippen LogP contribution in [0, 0.1) is 17.3 Å². The molecule has 0 bridgehead atoms. The first kappa shape index (κ1) is 21.4. The summed E-state index contributed by atoms with van der Waals surface area (Å²) in [6.45, 7) is 9.74. The van der Waals surface area contributed by atoms with Crippen LogP contribution in [0.3, 0.4) is 0 Å². The summed E-state index contributed by atoms with van der Waals surface area (Å²) in [5.41, 5.74) is 3.99. The molecule has 1 heterocycles. The van der Waals surface area contributed by atoms with Gasteiger partial charge in [0.2, 0.25) is 0 Å². The minimum absolute atomic E-state index is 0.0698. The third-order valence-electron chi connectivity index (χ3n) is 3.87. The van der Waals surface area contributed by atoms with Gasteiger partial charge in [-0.25, -0.2) is 0 Å². The van der Waals surface area contributed by atoms with E-state index in [9.17, 15) is 0 Å². The molecule has 3 heteroatoms. The van der Waals surface area contributed by atoms with Crippen LogP contribution in [-0.4, -0.2) is 26.3 Å². The van der Waals surface area contributed by atoms with Gasteiger partial charge in [0.15, 0.2) is 0 Å². The molecule has 2 aromatic rings. The number of allylic oxidation sites excluding steroid dienone is 1. The minimum Gasteiger partial charge on any atom is -0.381 e. The first-order chi connectivity index (χ1) is 13.0. The van der Waals surface area contributed by atoms with Crippen LogP contribution in [-0.2, 0) is 11.2 Å². The Morgan fingerprint density at radius 1 is 1.15 bits per heavy atom. The fraction of sp³-hybridized carbons (Fsp3) is 0.417. The van der Waals surface area contributed by atoms with E-state index in [1.54, 1.807) is 11.3 Å². The lowest BCUT2D eigenvalue weighted by atomic mass is 9.98. The number of benzene rings is 1. The van der Waals surface area contributed by atoms with E-state index in [1.807, 2.05) is 6.08 Å². The van der Waals surface area contributed by atoms with Gasteiger partial charge < -0.3 is 10.1 Å². The van der Waals surface area contributed by atoms with Crippen molar-refractivity contribution in [2.45, 2.75) is 33.6 Å². The molecule has 1 aromatic heterocycles. The summed E-state index contributed by atoms with van der Waals surface area (Å²) in [6, 6.07) is 10.9. The van der Waals surface area contributed by atoms with E-state index >= 15 is 0 Å². The lowest BCUT2D eigenvalue weighted by molar-refractivity contribution is 0.135. The monoisotopic (exact) mass is 381 g/mol. The molecule has 0 saturated heterocycles. The van der Waals surface area contributed by atoms with Crippen LogP contribution in [0.2, 0.25) is 0 Å². The van der Waals surface area contributed by atoms with Crippen molar-refractivity contribution in [2.24, 2.45) is 5.41 Å². The van der Waals surface area contributed by atoms with Crippen LogP contribution < -0.4 is 5.32 Å². The first-order valence-electron chi connectivity index (χ1n) is 9.62. The zero-order chi connectivity index (χ0) is 19.4. The summed E-state index contributed by atoms with van der Waals surface area (Å²) < 4.78 is 5.77. The molecule has 2 rings (SSSR count). The second-order valence-electron chi connectivity index (χ2n) is 7.55. The zero-order valence-electron chi connectivity index (χ0n) is 16.8. The molecule has 2 nitrogen and oxygen atoms in total. The molecule has 0 aliphatic carbocycles. The highest BCUT2D eigenvalue weighted by Gasteiger charge is 2.02. The molecule has 0 radical (unpaired) electrons. The number of nitrogens with one attached hydrogen (secondary N) is 1. The van der Waals surface area contributed by atoms with Crippen molar-refractivity contribution >= 4 is 11.3 Å². The van der Waals surface area contributed by atoms with Gasteiger partial charge in [-0.15, -0.1) is 0 Å². The molecular formula is C24H31NOS. The van der Waals surface area contributed by atoms with Crippen molar-refractivity contribution in [3.8, 4) is 23.0 Å². The van der Waals surface area contributed by atoms with E-state index in [4.69, 9.17) is 4.74 Å². The molecular weight excluding hydrogens is 350 g/mol. The average molecular weight is 382 g/mol. The molecule has 0 amide bonds. The fourth-order valence-corrected chi connectivity index (χ4v) is 3.15. The summed E-state index contributed by atoms with van der Waals surface area (Å²) in [7, 11) is 0. The van der Waals surface area contributed by atoms with Crippen molar-refractivity contribution in [3.05, 3.63) is 58.8 Å². The topological polar surface area (TPSA) is 21.3 Å². The Kier molecular flexibility index (Phi) is 9.35. The molecule has 1 N–H and O–H groups in total. The van der Waals surface area contributed by atoms with Gasteiger partial charge in [-0.3, -0.25) is 0 Å². The predicted molar refractivity (Wildman–Crippen MR) is 118 cm³/mol. The predicted octanol–water partition coefficient (Wildman–Crippen LogP) is 5.56. The number of hydrogen-bond donors (Lipinski definition) is 1. The van der Waals surface area contributed by atoms with Gasteiger partial charge in [-0.1, -0.05) is 42.2 Å². The Balaban J connectivity index is 1.52. The van der Waals surface area contributed by atoms with Crippen LogP contribution >= 0.6 is 11.3 Å². The minimum atomic E-state index is 0.0698. The molecule has 0 aliphatic rings. The van der Waals surface area contributed by atoms with Crippen molar-refractivity contribution < 1.29 is 4.74 Å². The third-order valence-corrected chi connectivity index (χ3v) is 4.55. The molecule has 0 saturated carbocycles. The molecule has 0 spiro atoms. The highest BCUT2D eigenvalue weighted by Crippen LogP contribution is 2.23. The van der Waals surface area contributed by atoms with E-state index in [-0.39, 0.29) is 5.41 Å². The third kappa shape index (κ3) is 9.58. The lowest BCUT2D eigenvalue weighted by Gasteiger charge is -2.06. The van der Waals surface area contributed by atoms with Gasteiger partial charge in [0.25, 0.3) is 0 Å². The second kappa shape index (κ2) is 11.8. The largest absolute Gasteiger partial charge is 0.381 e. The Hall–Kier alpha value is -1.86. The zero-order valence-corrected chi connectivity index (χ0v) is 17.6. The van der Waals surface area contributed by atoms with Gasteiger partial charge in [-0.05, 0) is 79.8 Å². The Morgan fingerprint density at radius 3 is 2.81 bits per heavy atom. The van der Waals surface area contributed by atoms with Crippen molar-refractivity contribution in [2.75, 3.05) is 26.3 Å². The molecule has 0 aliphatic heterocycles. The van der Waals surface area contributed by atoms with E-state index in [2.05, 4.69) is 85.1 Å². The number of rotatable bonds is 10. The second-order valence-corrected chi connectivity index (χ2v) is 8.33. The van der Waals surface area contributed by atoms with Crippen LogP contribution in [0.25, 0.3) is 11.1 Å². The van der Waals surface area contributed by atoms with Gasteiger partial charge >= 0.3 is 0 Å². The van der Waals surface area contributed by atoms with Gasteiger partial charge in [-0.2, -0.15) is 11.3 Å². The molecule has 0 unspecified atom stereocenters. The highest BCUT2D eigenvalue weighted by atomic mass is 32.1. The maximum atomic E-state index is 5.77. The van der Waals surface area contributed by atoms with E-state index < -0.39 is 0 Å². The van der Waals surface area contributed by atoms with Gasteiger partial charge in [0, 0.05) is 18.6 Å². The summed E-state index contributed by atoms with van der Waals surface area (Å²) in [6.07, 6.45) is 5.98. The standard InChI is InChI=1S/C24H31NOS/c1-24(2,3)13-5-4-6-14-25-15-8-16-26-17-11-21-9-7-10-22(19-21)23-12-18-27-20-23/h4,6-7,9-10,12,18-20,25H,8,11,14-17H2,1-3H3/b6-4+. The number of ether oxygens (including phenoxy) is 1. The number of hydrogen-bond acceptors (Lipinski definition) is 3.